The highest BCUT2D eigenvalue weighted by atomic mass is 16.6. The summed E-state index contributed by atoms with van der Waals surface area (Å²) in [5.74, 6) is 3.32. The topological polar surface area (TPSA) is 58.5 Å². The quantitative estimate of drug-likeness (QED) is 0.183. The van der Waals surface area contributed by atoms with Gasteiger partial charge in [0.25, 0.3) is 0 Å². The first-order chi connectivity index (χ1) is 15.0. The van der Waals surface area contributed by atoms with Crippen LogP contribution in [0.4, 0.5) is 0 Å². The zero-order valence-electron chi connectivity index (χ0n) is 19.1. The summed E-state index contributed by atoms with van der Waals surface area (Å²) in [6.07, 6.45) is 4.74. The molecule has 0 aliphatic rings. The third-order valence-corrected chi connectivity index (χ3v) is 4.34. The predicted molar refractivity (Wildman–Crippen MR) is 124 cm³/mol. The summed E-state index contributed by atoms with van der Waals surface area (Å²) in [7, 11) is 1.52. The number of aryl methyl sites for hydroxylation is 2. The first-order valence-corrected chi connectivity index (χ1v) is 10.4. The van der Waals surface area contributed by atoms with Gasteiger partial charge in [0.05, 0.1) is 18.9 Å². The first-order valence-electron chi connectivity index (χ1n) is 10.4. The minimum absolute atomic E-state index is 0.382. The lowest BCUT2D eigenvalue weighted by molar-refractivity contribution is 0.209. The molecule has 0 atom stereocenters. The molecule has 2 rings (SSSR count). The minimum atomic E-state index is 0.382. The molecule has 0 radical (unpaired) electrons. The first kappa shape index (κ1) is 24.1. The largest absolute Gasteiger partial charge is 0.493 e. The molecule has 0 bridgehead atoms. The second kappa shape index (κ2) is 13.2. The van der Waals surface area contributed by atoms with Crippen LogP contribution in [0.2, 0.25) is 0 Å². The van der Waals surface area contributed by atoms with E-state index in [0.717, 1.165) is 46.3 Å². The Morgan fingerprint density at radius 3 is 2.10 bits per heavy atom. The van der Waals surface area contributed by atoms with Crippen LogP contribution in [-0.4, -0.2) is 39.2 Å². The van der Waals surface area contributed by atoms with Crippen molar-refractivity contribution in [2.45, 2.75) is 34.1 Å². The summed E-state index contributed by atoms with van der Waals surface area (Å²) in [5.41, 5.74) is 2.90. The molecule has 0 aliphatic carbocycles. The fourth-order valence-electron chi connectivity index (χ4n) is 2.89. The molecule has 2 aromatic carbocycles. The lowest BCUT2D eigenvalue weighted by Gasteiger charge is -2.14. The molecular weight excluding hydrogens is 394 g/mol. The summed E-state index contributed by atoms with van der Waals surface area (Å²) in [6.45, 7) is 10.0. The van der Waals surface area contributed by atoms with Crippen molar-refractivity contribution in [3.8, 4) is 23.0 Å². The fraction of sp³-hybridized carbons (Fsp3) is 0.400. The van der Waals surface area contributed by atoms with Crippen LogP contribution in [0.5, 0.6) is 23.0 Å². The summed E-state index contributed by atoms with van der Waals surface area (Å²) in [4.78, 5) is 4.71. The van der Waals surface area contributed by atoms with Crippen LogP contribution in [0.15, 0.2) is 53.7 Å². The third-order valence-electron chi connectivity index (χ3n) is 4.34. The molecule has 31 heavy (non-hydrogen) atoms. The number of hydrogen-bond acceptors (Lipinski definition) is 6. The molecule has 6 heteroatoms. The molecule has 0 saturated heterocycles. The van der Waals surface area contributed by atoms with Gasteiger partial charge in [0.2, 0.25) is 0 Å². The molecule has 0 spiro atoms. The number of rotatable bonds is 13. The van der Waals surface area contributed by atoms with Gasteiger partial charge in [-0.05, 0) is 75.2 Å². The van der Waals surface area contributed by atoms with Crippen molar-refractivity contribution in [1.82, 2.24) is 0 Å². The Hall–Kier alpha value is -3.15. The third kappa shape index (κ3) is 8.62. The maximum atomic E-state index is 5.99. The molecule has 0 aromatic heterocycles. The van der Waals surface area contributed by atoms with E-state index in [1.54, 1.807) is 0 Å². The average molecular weight is 428 g/mol. The van der Waals surface area contributed by atoms with Gasteiger partial charge < -0.3 is 23.8 Å². The monoisotopic (exact) mass is 427 g/mol. The maximum Gasteiger partial charge on any atom is 0.129 e. The van der Waals surface area contributed by atoms with Crippen LogP contribution in [0.3, 0.4) is 0 Å². The van der Waals surface area contributed by atoms with Gasteiger partial charge in [-0.2, -0.15) is 0 Å². The standard InChI is InChI=1S/C25H33NO5/c1-6-7-13-29-24-16-19(2)25(20(3)17-24)30-15-8-14-28-22-9-11-23(12-10-22)31-18-21(4)26-27-5/h6-7,9-12,16-17H,8,13-15,18H2,1-5H3/b7-6+,26-21+. The Bertz CT molecular complexity index is 836. The zero-order valence-corrected chi connectivity index (χ0v) is 19.1. The van der Waals surface area contributed by atoms with Crippen LogP contribution in [-0.2, 0) is 4.84 Å². The summed E-state index contributed by atoms with van der Waals surface area (Å²) in [6, 6.07) is 11.5. The van der Waals surface area contributed by atoms with Gasteiger partial charge in [0.15, 0.2) is 0 Å². The van der Waals surface area contributed by atoms with Gasteiger partial charge in [-0.3, -0.25) is 0 Å². The Kier molecular flexibility index (Phi) is 10.3. The van der Waals surface area contributed by atoms with E-state index < -0.39 is 0 Å². The molecule has 168 valence electrons. The Balaban J connectivity index is 1.72. The number of benzene rings is 2. The lowest BCUT2D eigenvalue weighted by Crippen LogP contribution is -2.08. The molecule has 0 fully saturated rings. The van der Waals surface area contributed by atoms with Crippen molar-refractivity contribution in [2.24, 2.45) is 5.16 Å². The Labute approximate surface area is 185 Å². The van der Waals surface area contributed by atoms with Crippen molar-refractivity contribution in [2.75, 3.05) is 33.5 Å². The van der Waals surface area contributed by atoms with Gasteiger partial charge in [0, 0.05) is 6.42 Å². The van der Waals surface area contributed by atoms with E-state index in [9.17, 15) is 0 Å². The van der Waals surface area contributed by atoms with Crippen LogP contribution >= 0.6 is 0 Å². The van der Waals surface area contributed by atoms with Crippen LogP contribution in [0, 0.1) is 13.8 Å². The lowest BCUT2D eigenvalue weighted by atomic mass is 10.1. The fourth-order valence-corrected chi connectivity index (χ4v) is 2.89. The van der Waals surface area contributed by atoms with E-state index in [-0.39, 0.29) is 0 Å². The SMILES string of the molecule is C/C=C/COc1cc(C)c(OCCCOc2ccc(OC/C(C)=N/OC)cc2)c(C)c1. The maximum absolute atomic E-state index is 5.99. The molecule has 0 aliphatic heterocycles. The summed E-state index contributed by atoms with van der Waals surface area (Å²) < 4.78 is 23.1. The van der Waals surface area contributed by atoms with Gasteiger partial charge >= 0.3 is 0 Å². The van der Waals surface area contributed by atoms with E-state index >= 15 is 0 Å². The van der Waals surface area contributed by atoms with Crippen molar-refractivity contribution in [1.29, 1.82) is 0 Å². The molecule has 0 saturated carbocycles. The summed E-state index contributed by atoms with van der Waals surface area (Å²) >= 11 is 0. The second-order valence-electron chi connectivity index (χ2n) is 7.09. The molecule has 0 N–H and O–H groups in total. The van der Waals surface area contributed by atoms with E-state index in [1.807, 2.05) is 76.2 Å². The molecular formula is C25H33NO5. The van der Waals surface area contributed by atoms with Gasteiger partial charge in [-0.1, -0.05) is 17.3 Å². The molecule has 0 unspecified atom stereocenters. The second-order valence-corrected chi connectivity index (χ2v) is 7.09. The predicted octanol–water partition coefficient (Wildman–Crippen LogP) is 5.51. The smallest absolute Gasteiger partial charge is 0.129 e. The average Bonchev–Trinajstić information content (AvgIpc) is 2.75. The highest BCUT2D eigenvalue weighted by Gasteiger charge is 2.07. The van der Waals surface area contributed by atoms with Crippen molar-refractivity contribution < 1.29 is 23.8 Å². The van der Waals surface area contributed by atoms with E-state index in [2.05, 4.69) is 5.16 Å². The number of hydrogen-bond donors (Lipinski definition) is 0. The minimum Gasteiger partial charge on any atom is -0.493 e. The number of allylic oxidation sites excluding steroid dienone is 1. The number of ether oxygens (including phenoxy) is 4. The normalized spacial score (nSPS) is 11.5. The molecule has 0 heterocycles. The van der Waals surface area contributed by atoms with E-state index in [4.69, 9.17) is 23.8 Å². The van der Waals surface area contributed by atoms with Crippen molar-refractivity contribution in [3.05, 3.63) is 59.7 Å². The Morgan fingerprint density at radius 1 is 0.871 bits per heavy atom. The number of oxime groups is 1. The highest BCUT2D eigenvalue weighted by Crippen LogP contribution is 2.28. The molecule has 0 amide bonds. The van der Waals surface area contributed by atoms with Gasteiger partial charge in [0.1, 0.15) is 43.3 Å². The number of nitrogens with zero attached hydrogens (tertiary/aromatic N) is 1. The van der Waals surface area contributed by atoms with E-state index in [1.165, 1.54) is 7.11 Å². The van der Waals surface area contributed by atoms with Crippen molar-refractivity contribution in [3.63, 3.8) is 0 Å². The van der Waals surface area contributed by atoms with Gasteiger partial charge in [-0.25, -0.2) is 0 Å². The van der Waals surface area contributed by atoms with Crippen LogP contribution in [0.25, 0.3) is 0 Å². The van der Waals surface area contributed by atoms with Crippen LogP contribution in [0.1, 0.15) is 31.4 Å². The molecule has 2 aromatic rings. The molecule has 6 nitrogen and oxygen atoms in total. The van der Waals surface area contributed by atoms with E-state index in [0.29, 0.717) is 26.4 Å². The van der Waals surface area contributed by atoms with Gasteiger partial charge in [-0.15, -0.1) is 0 Å². The summed E-state index contributed by atoms with van der Waals surface area (Å²) in [5, 5.41) is 3.81. The highest BCUT2D eigenvalue weighted by molar-refractivity contribution is 5.82. The zero-order chi connectivity index (χ0) is 22.5. The Morgan fingerprint density at radius 2 is 1.48 bits per heavy atom. The van der Waals surface area contributed by atoms with Crippen LogP contribution < -0.4 is 18.9 Å². The van der Waals surface area contributed by atoms with Crippen molar-refractivity contribution >= 4 is 5.71 Å².